The Kier molecular flexibility index (Phi) is 5.40. The molecular formula is C16H23NO2. The monoisotopic (exact) mass is 261 g/mol. The van der Waals surface area contributed by atoms with Crippen molar-refractivity contribution < 1.29 is 9.90 Å². The van der Waals surface area contributed by atoms with Crippen LogP contribution in [0.4, 0.5) is 0 Å². The van der Waals surface area contributed by atoms with Crippen LogP contribution < -0.4 is 5.32 Å². The SMILES string of the molecule is O=C(O)c1ccccc1CNC1CCCCCCC1. The van der Waals surface area contributed by atoms with E-state index < -0.39 is 5.97 Å². The van der Waals surface area contributed by atoms with Gasteiger partial charge in [-0.3, -0.25) is 0 Å². The van der Waals surface area contributed by atoms with Crippen molar-refractivity contribution in [1.29, 1.82) is 0 Å². The minimum Gasteiger partial charge on any atom is -0.478 e. The Morgan fingerprint density at radius 3 is 2.42 bits per heavy atom. The fraction of sp³-hybridized carbons (Fsp3) is 0.562. The van der Waals surface area contributed by atoms with Crippen LogP contribution in [0.5, 0.6) is 0 Å². The second-order valence-corrected chi connectivity index (χ2v) is 5.39. The highest BCUT2D eigenvalue weighted by Gasteiger charge is 2.13. The average Bonchev–Trinajstić information content (AvgIpc) is 2.37. The molecule has 3 heteroatoms. The number of carboxylic acids is 1. The summed E-state index contributed by atoms with van der Waals surface area (Å²) in [7, 11) is 0. The molecule has 0 unspecified atom stereocenters. The smallest absolute Gasteiger partial charge is 0.336 e. The van der Waals surface area contributed by atoms with Gasteiger partial charge in [-0.1, -0.05) is 50.3 Å². The Balaban J connectivity index is 1.92. The first-order valence-corrected chi connectivity index (χ1v) is 7.32. The van der Waals surface area contributed by atoms with Crippen LogP contribution in [0.25, 0.3) is 0 Å². The maximum absolute atomic E-state index is 11.1. The lowest BCUT2D eigenvalue weighted by molar-refractivity contribution is 0.0695. The third-order valence-corrected chi connectivity index (χ3v) is 3.93. The van der Waals surface area contributed by atoms with Crippen molar-refractivity contribution in [2.24, 2.45) is 0 Å². The standard InChI is InChI=1S/C16H23NO2/c18-16(19)15-11-7-6-8-13(15)12-17-14-9-4-2-1-3-5-10-14/h6-8,11,14,17H,1-5,9-10,12H2,(H,18,19). The zero-order valence-corrected chi connectivity index (χ0v) is 11.4. The second kappa shape index (κ2) is 7.29. The molecule has 1 aliphatic rings. The number of aromatic carboxylic acids is 1. The summed E-state index contributed by atoms with van der Waals surface area (Å²) in [6.45, 7) is 0.660. The summed E-state index contributed by atoms with van der Waals surface area (Å²) < 4.78 is 0. The van der Waals surface area contributed by atoms with E-state index in [0.29, 0.717) is 18.2 Å². The van der Waals surface area contributed by atoms with Crippen molar-refractivity contribution in [2.45, 2.75) is 57.5 Å². The van der Waals surface area contributed by atoms with Gasteiger partial charge in [-0.25, -0.2) is 4.79 Å². The molecule has 0 heterocycles. The van der Waals surface area contributed by atoms with Gasteiger partial charge in [0, 0.05) is 12.6 Å². The molecule has 2 rings (SSSR count). The highest BCUT2D eigenvalue weighted by Crippen LogP contribution is 2.18. The minimum atomic E-state index is -0.838. The highest BCUT2D eigenvalue weighted by molar-refractivity contribution is 5.89. The highest BCUT2D eigenvalue weighted by atomic mass is 16.4. The summed E-state index contributed by atoms with van der Waals surface area (Å²) in [5.74, 6) is -0.838. The topological polar surface area (TPSA) is 49.3 Å². The van der Waals surface area contributed by atoms with Crippen LogP contribution in [0.1, 0.15) is 60.9 Å². The predicted octanol–water partition coefficient (Wildman–Crippen LogP) is 3.59. The molecule has 0 saturated heterocycles. The summed E-state index contributed by atoms with van der Waals surface area (Å²) in [5.41, 5.74) is 1.30. The van der Waals surface area contributed by atoms with Gasteiger partial charge in [-0.15, -0.1) is 0 Å². The third-order valence-electron chi connectivity index (χ3n) is 3.93. The maximum Gasteiger partial charge on any atom is 0.336 e. The molecular weight excluding hydrogens is 238 g/mol. The van der Waals surface area contributed by atoms with Crippen LogP contribution in [0.15, 0.2) is 24.3 Å². The molecule has 19 heavy (non-hydrogen) atoms. The zero-order valence-electron chi connectivity index (χ0n) is 11.4. The van der Waals surface area contributed by atoms with Crippen molar-refractivity contribution in [3.05, 3.63) is 35.4 Å². The largest absolute Gasteiger partial charge is 0.478 e. The van der Waals surface area contributed by atoms with Crippen molar-refractivity contribution in [3.8, 4) is 0 Å². The number of benzene rings is 1. The fourth-order valence-corrected chi connectivity index (χ4v) is 2.80. The first kappa shape index (κ1) is 14.1. The van der Waals surface area contributed by atoms with E-state index in [1.54, 1.807) is 12.1 Å². The summed E-state index contributed by atoms with van der Waals surface area (Å²) in [4.78, 5) is 11.1. The van der Waals surface area contributed by atoms with Crippen LogP contribution in [-0.4, -0.2) is 17.1 Å². The second-order valence-electron chi connectivity index (χ2n) is 5.39. The number of nitrogens with one attached hydrogen (secondary N) is 1. The molecule has 2 N–H and O–H groups in total. The van der Waals surface area contributed by atoms with E-state index in [-0.39, 0.29) is 0 Å². The maximum atomic E-state index is 11.1. The van der Waals surface area contributed by atoms with Gasteiger partial charge in [0.2, 0.25) is 0 Å². The summed E-state index contributed by atoms with van der Waals surface area (Å²) in [6.07, 6.45) is 9.06. The molecule has 0 aliphatic heterocycles. The van der Waals surface area contributed by atoms with Crippen molar-refractivity contribution >= 4 is 5.97 Å². The first-order valence-electron chi connectivity index (χ1n) is 7.32. The summed E-state index contributed by atoms with van der Waals surface area (Å²) in [5, 5.41) is 12.7. The molecule has 0 bridgehead atoms. The van der Waals surface area contributed by atoms with Gasteiger partial charge in [0.25, 0.3) is 0 Å². The molecule has 1 aromatic rings. The van der Waals surface area contributed by atoms with E-state index in [4.69, 9.17) is 5.11 Å². The summed E-state index contributed by atoms with van der Waals surface area (Å²) >= 11 is 0. The molecule has 1 aliphatic carbocycles. The first-order chi connectivity index (χ1) is 9.27. The lowest BCUT2D eigenvalue weighted by atomic mass is 9.96. The van der Waals surface area contributed by atoms with E-state index in [1.165, 1.54) is 44.9 Å². The van der Waals surface area contributed by atoms with E-state index in [0.717, 1.165) is 5.56 Å². The zero-order chi connectivity index (χ0) is 13.5. The normalized spacial score (nSPS) is 17.7. The van der Waals surface area contributed by atoms with Gasteiger partial charge >= 0.3 is 5.97 Å². The number of carboxylic acid groups (broad SMARTS) is 1. The number of rotatable bonds is 4. The Hall–Kier alpha value is -1.35. The Bertz CT molecular complexity index is 409. The van der Waals surface area contributed by atoms with Crippen molar-refractivity contribution in [3.63, 3.8) is 0 Å². The lowest BCUT2D eigenvalue weighted by Crippen LogP contribution is -2.29. The van der Waals surface area contributed by atoms with Gasteiger partial charge < -0.3 is 10.4 Å². The molecule has 3 nitrogen and oxygen atoms in total. The van der Waals surface area contributed by atoms with Gasteiger partial charge in [0.15, 0.2) is 0 Å². The quantitative estimate of drug-likeness (QED) is 0.870. The molecule has 0 radical (unpaired) electrons. The van der Waals surface area contributed by atoms with Crippen LogP contribution in [0, 0.1) is 0 Å². The van der Waals surface area contributed by atoms with Gasteiger partial charge in [-0.2, -0.15) is 0 Å². The molecule has 1 aromatic carbocycles. The summed E-state index contributed by atoms with van der Waals surface area (Å²) in [6, 6.07) is 7.81. The molecule has 1 fully saturated rings. The number of carbonyl (C=O) groups is 1. The molecule has 0 atom stereocenters. The Labute approximate surface area is 115 Å². The average molecular weight is 261 g/mol. The van der Waals surface area contributed by atoms with Crippen LogP contribution in [0.3, 0.4) is 0 Å². The molecule has 0 spiro atoms. The van der Waals surface area contributed by atoms with Gasteiger partial charge in [-0.05, 0) is 24.5 Å². The molecule has 0 aromatic heterocycles. The van der Waals surface area contributed by atoms with E-state index in [9.17, 15) is 4.79 Å². The van der Waals surface area contributed by atoms with Crippen LogP contribution >= 0.6 is 0 Å². The number of hydrogen-bond donors (Lipinski definition) is 2. The Morgan fingerprint density at radius 2 is 1.74 bits per heavy atom. The molecule has 0 amide bonds. The molecule has 104 valence electrons. The van der Waals surface area contributed by atoms with Crippen molar-refractivity contribution in [1.82, 2.24) is 5.32 Å². The van der Waals surface area contributed by atoms with E-state index in [1.807, 2.05) is 12.1 Å². The third kappa shape index (κ3) is 4.35. The van der Waals surface area contributed by atoms with Crippen LogP contribution in [-0.2, 0) is 6.54 Å². The van der Waals surface area contributed by atoms with Gasteiger partial charge in [0.05, 0.1) is 5.56 Å². The van der Waals surface area contributed by atoms with Crippen LogP contribution in [0.2, 0.25) is 0 Å². The minimum absolute atomic E-state index is 0.417. The molecule has 1 saturated carbocycles. The Morgan fingerprint density at radius 1 is 1.11 bits per heavy atom. The van der Waals surface area contributed by atoms with Crippen molar-refractivity contribution in [2.75, 3.05) is 0 Å². The van der Waals surface area contributed by atoms with E-state index >= 15 is 0 Å². The lowest BCUT2D eigenvalue weighted by Gasteiger charge is -2.21. The van der Waals surface area contributed by atoms with E-state index in [2.05, 4.69) is 5.32 Å². The van der Waals surface area contributed by atoms with Gasteiger partial charge in [0.1, 0.15) is 0 Å². The number of hydrogen-bond acceptors (Lipinski definition) is 2. The fourth-order valence-electron chi connectivity index (χ4n) is 2.80. The predicted molar refractivity (Wildman–Crippen MR) is 76.3 cm³/mol.